The molecule has 0 unspecified atom stereocenters. The van der Waals surface area contributed by atoms with E-state index in [1.165, 1.54) is 7.05 Å². The first kappa shape index (κ1) is 8.59. The molecule has 0 heterocycles. The SMILES string of the molecule is CNC(=O)OCc1ccccc1. The average Bonchev–Trinajstić information content (AvgIpc) is 2.16. The van der Waals surface area contributed by atoms with Gasteiger partial charge in [0.2, 0.25) is 0 Å². The highest BCUT2D eigenvalue weighted by Crippen LogP contribution is 1.99. The minimum absolute atomic E-state index is 0.320. The van der Waals surface area contributed by atoms with Crippen LogP contribution in [0.15, 0.2) is 30.3 Å². The van der Waals surface area contributed by atoms with Gasteiger partial charge in [-0.15, -0.1) is 0 Å². The molecule has 64 valence electrons. The molecule has 0 aliphatic heterocycles. The lowest BCUT2D eigenvalue weighted by Gasteiger charge is -2.02. The number of alkyl carbamates (subject to hydrolysis) is 1. The van der Waals surface area contributed by atoms with Gasteiger partial charge in [-0.25, -0.2) is 4.79 Å². The number of hydrogen-bond acceptors (Lipinski definition) is 2. The molecule has 0 saturated carbocycles. The number of hydrogen-bond donors (Lipinski definition) is 1. The Morgan fingerprint density at radius 3 is 2.67 bits per heavy atom. The summed E-state index contributed by atoms with van der Waals surface area (Å²) in [6, 6.07) is 9.54. The van der Waals surface area contributed by atoms with Gasteiger partial charge in [0.25, 0.3) is 0 Å². The van der Waals surface area contributed by atoms with Gasteiger partial charge in [-0.3, -0.25) is 0 Å². The zero-order valence-corrected chi connectivity index (χ0v) is 6.91. The van der Waals surface area contributed by atoms with Crippen molar-refractivity contribution in [2.75, 3.05) is 7.05 Å². The van der Waals surface area contributed by atoms with E-state index >= 15 is 0 Å². The van der Waals surface area contributed by atoms with Crippen LogP contribution in [0.4, 0.5) is 4.79 Å². The minimum Gasteiger partial charge on any atom is -0.445 e. The summed E-state index contributed by atoms with van der Waals surface area (Å²) in [5.74, 6) is 0. The zero-order valence-electron chi connectivity index (χ0n) is 6.91. The molecule has 12 heavy (non-hydrogen) atoms. The number of carbonyl (C=O) groups excluding carboxylic acids is 1. The summed E-state index contributed by atoms with van der Waals surface area (Å²) in [5, 5.41) is 2.37. The molecule has 3 heteroatoms. The van der Waals surface area contributed by atoms with E-state index in [1.807, 2.05) is 30.3 Å². The standard InChI is InChI=1S/C9H11NO2/c1-10-9(11)12-7-8-5-3-2-4-6-8/h2-6H,7H2,1H3,(H,10,11). The molecule has 1 rings (SSSR count). The van der Waals surface area contributed by atoms with Gasteiger partial charge in [-0.2, -0.15) is 0 Å². The van der Waals surface area contributed by atoms with Crippen molar-refractivity contribution in [1.82, 2.24) is 5.32 Å². The van der Waals surface area contributed by atoms with Crippen LogP contribution in [0.3, 0.4) is 0 Å². The molecule has 1 aromatic rings. The second kappa shape index (κ2) is 4.38. The number of benzene rings is 1. The summed E-state index contributed by atoms with van der Waals surface area (Å²) in [5.41, 5.74) is 0.987. The fraction of sp³-hybridized carbons (Fsp3) is 0.222. The third-order valence-corrected chi connectivity index (χ3v) is 1.42. The second-order valence-electron chi connectivity index (χ2n) is 2.31. The van der Waals surface area contributed by atoms with Gasteiger partial charge in [-0.05, 0) is 5.56 Å². The molecule has 1 N–H and O–H groups in total. The van der Waals surface area contributed by atoms with Crippen molar-refractivity contribution >= 4 is 6.09 Å². The van der Waals surface area contributed by atoms with E-state index in [9.17, 15) is 4.79 Å². The van der Waals surface area contributed by atoms with Crippen LogP contribution in [0.1, 0.15) is 5.56 Å². The number of amides is 1. The predicted molar refractivity (Wildman–Crippen MR) is 45.7 cm³/mol. The molecule has 0 bridgehead atoms. The fourth-order valence-electron chi connectivity index (χ4n) is 0.795. The van der Waals surface area contributed by atoms with Crippen LogP contribution in [-0.4, -0.2) is 13.1 Å². The Balaban J connectivity index is 2.38. The van der Waals surface area contributed by atoms with Gasteiger partial charge in [0.1, 0.15) is 6.61 Å². The Morgan fingerprint density at radius 2 is 2.08 bits per heavy atom. The first-order valence-electron chi connectivity index (χ1n) is 3.71. The monoisotopic (exact) mass is 165 g/mol. The molecule has 3 nitrogen and oxygen atoms in total. The quantitative estimate of drug-likeness (QED) is 0.721. The number of rotatable bonds is 2. The van der Waals surface area contributed by atoms with Crippen LogP contribution in [0, 0.1) is 0 Å². The van der Waals surface area contributed by atoms with Crippen LogP contribution in [0.25, 0.3) is 0 Å². The number of nitrogens with one attached hydrogen (secondary N) is 1. The predicted octanol–water partition coefficient (Wildman–Crippen LogP) is 1.54. The van der Waals surface area contributed by atoms with Crippen LogP contribution < -0.4 is 5.32 Å². The zero-order chi connectivity index (χ0) is 8.81. The van der Waals surface area contributed by atoms with Crippen molar-refractivity contribution in [1.29, 1.82) is 0 Å². The summed E-state index contributed by atoms with van der Waals surface area (Å²) < 4.78 is 4.83. The van der Waals surface area contributed by atoms with Crippen LogP contribution in [-0.2, 0) is 11.3 Å². The Morgan fingerprint density at radius 1 is 1.42 bits per heavy atom. The maximum Gasteiger partial charge on any atom is 0.407 e. The molecular formula is C9H11NO2. The summed E-state index contributed by atoms with van der Waals surface area (Å²) in [4.78, 5) is 10.7. The first-order chi connectivity index (χ1) is 5.83. The normalized spacial score (nSPS) is 9.08. The van der Waals surface area contributed by atoms with Crippen molar-refractivity contribution in [2.24, 2.45) is 0 Å². The molecule has 1 amide bonds. The van der Waals surface area contributed by atoms with E-state index in [2.05, 4.69) is 5.32 Å². The van der Waals surface area contributed by atoms with Crippen molar-refractivity contribution in [2.45, 2.75) is 6.61 Å². The molecule has 0 fully saturated rings. The number of carbonyl (C=O) groups is 1. The fourth-order valence-corrected chi connectivity index (χ4v) is 0.795. The molecule has 1 aromatic carbocycles. The average molecular weight is 165 g/mol. The Bertz CT molecular complexity index is 246. The summed E-state index contributed by atoms with van der Waals surface area (Å²) in [6.07, 6.45) is -0.404. The van der Waals surface area contributed by atoms with Gasteiger partial charge in [0, 0.05) is 7.05 Å². The van der Waals surface area contributed by atoms with Crippen molar-refractivity contribution in [3.8, 4) is 0 Å². The van der Waals surface area contributed by atoms with E-state index in [-0.39, 0.29) is 0 Å². The van der Waals surface area contributed by atoms with E-state index in [0.29, 0.717) is 6.61 Å². The lowest BCUT2D eigenvalue weighted by atomic mass is 10.2. The molecule has 0 aromatic heterocycles. The Kier molecular flexibility index (Phi) is 3.14. The van der Waals surface area contributed by atoms with Crippen molar-refractivity contribution in [3.63, 3.8) is 0 Å². The highest BCUT2D eigenvalue weighted by atomic mass is 16.5. The second-order valence-corrected chi connectivity index (χ2v) is 2.31. The Labute approximate surface area is 71.4 Å². The van der Waals surface area contributed by atoms with E-state index in [0.717, 1.165) is 5.56 Å². The summed E-state index contributed by atoms with van der Waals surface area (Å²) in [7, 11) is 1.54. The smallest absolute Gasteiger partial charge is 0.407 e. The van der Waals surface area contributed by atoms with Gasteiger partial charge >= 0.3 is 6.09 Å². The molecule has 0 aliphatic carbocycles. The van der Waals surface area contributed by atoms with Crippen LogP contribution >= 0.6 is 0 Å². The van der Waals surface area contributed by atoms with Gasteiger partial charge in [0.05, 0.1) is 0 Å². The van der Waals surface area contributed by atoms with E-state index < -0.39 is 6.09 Å². The molecular weight excluding hydrogens is 154 g/mol. The first-order valence-corrected chi connectivity index (χ1v) is 3.71. The lowest BCUT2D eigenvalue weighted by Crippen LogP contribution is -2.18. The Hall–Kier alpha value is -1.51. The number of ether oxygens (including phenoxy) is 1. The summed E-state index contributed by atoms with van der Waals surface area (Å²) in [6.45, 7) is 0.320. The van der Waals surface area contributed by atoms with Gasteiger partial charge < -0.3 is 10.1 Å². The van der Waals surface area contributed by atoms with Crippen molar-refractivity contribution in [3.05, 3.63) is 35.9 Å². The molecule has 0 spiro atoms. The molecule has 0 atom stereocenters. The topological polar surface area (TPSA) is 38.3 Å². The van der Waals surface area contributed by atoms with E-state index in [4.69, 9.17) is 4.74 Å². The maximum absolute atomic E-state index is 10.7. The van der Waals surface area contributed by atoms with Crippen LogP contribution in [0.5, 0.6) is 0 Å². The third-order valence-electron chi connectivity index (χ3n) is 1.42. The van der Waals surface area contributed by atoms with Gasteiger partial charge in [0.15, 0.2) is 0 Å². The van der Waals surface area contributed by atoms with Crippen LogP contribution in [0.2, 0.25) is 0 Å². The molecule has 0 radical (unpaired) electrons. The van der Waals surface area contributed by atoms with Gasteiger partial charge in [-0.1, -0.05) is 30.3 Å². The highest BCUT2D eigenvalue weighted by Gasteiger charge is 1.96. The lowest BCUT2D eigenvalue weighted by molar-refractivity contribution is 0.142. The molecule has 0 aliphatic rings. The minimum atomic E-state index is -0.404. The largest absolute Gasteiger partial charge is 0.445 e. The van der Waals surface area contributed by atoms with Crippen molar-refractivity contribution < 1.29 is 9.53 Å². The maximum atomic E-state index is 10.7. The molecule has 0 saturated heterocycles. The third kappa shape index (κ3) is 2.62. The summed E-state index contributed by atoms with van der Waals surface area (Å²) >= 11 is 0. The highest BCUT2D eigenvalue weighted by molar-refractivity contribution is 5.66. The van der Waals surface area contributed by atoms with E-state index in [1.54, 1.807) is 0 Å².